The van der Waals surface area contributed by atoms with Crippen molar-refractivity contribution < 1.29 is 22.9 Å². The normalized spacial score (nSPS) is 24.8. The Balaban J connectivity index is 1.60. The summed E-state index contributed by atoms with van der Waals surface area (Å²) in [6.07, 6.45) is 7.56. The van der Waals surface area contributed by atoms with Crippen molar-refractivity contribution in [3.63, 3.8) is 0 Å². The number of rotatable bonds is 0. The van der Waals surface area contributed by atoms with Gasteiger partial charge in [0.25, 0.3) is 0 Å². The topological polar surface area (TPSA) is 0 Å². The molecule has 3 aliphatic rings. The molecule has 2 aromatic carbocycles. The summed E-state index contributed by atoms with van der Waals surface area (Å²) in [5.74, 6) is 0. The molecule has 21 heavy (non-hydrogen) atoms. The molecule has 1 heteroatoms. The first-order valence-electron chi connectivity index (χ1n) is 7.75. The standard InChI is InChI=1S/C20H16.Hf/c1-2-6-18-12-15(11-17(18)5-1)9-10-16-13-19-7-3-4-8-20(19)14-16;/h1-8,11-14H,9-10H2;. The zero-order chi connectivity index (χ0) is 13.8. The Labute approximate surface area is 136 Å². The van der Waals surface area contributed by atoms with Gasteiger partial charge >= 0.3 is 137 Å². The van der Waals surface area contributed by atoms with Crippen molar-refractivity contribution in [3.05, 3.63) is 81.9 Å². The molecule has 0 amide bonds. The van der Waals surface area contributed by atoms with Crippen LogP contribution >= 0.6 is 0 Å². The van der Waals surface area contributed by atoms with Gasteiger partial charge in [-0.2, -0.15) is 0 Å². The summed E-state index contributed by atoms with van der Waals surface area (Å²) in [7, 11) is 0. The molecule has 1 heterocycles. The minimum absolute atomic E-state index is 0.813. The number of allylic oxidation sites excluding steroid dienone is 2. The van der Waals surface area contributed by atoms with Gasteiger partial charge in [0.1, 0.15) is 0 Å². The summed E-state index contributed by atoms with van der Waals surface area (Å²) in [4.78, 5) is 0. The van der Waals surface area contributed by atoms with Crippen LogP contribution in [0, 0.1) is 0 Å². The summed E-state index contributed by atoms with van der Waals surface area (Å²) in [6, 6.07) is 18.2. The second kappa shape index (κ2) is 4.64. The zero-order valence-electron chi connectivity index (χ0n) is 11.8. The van der Waals surface area contributed by atoms with E-state index < -0.39 is 22.9 Å². The van der Waals surface area contributed by atoms with E-state index in [4.69, 9.17) is 0 Å². The van der Waals surface area contributed by atoms with Crippen LogP contribution in [-0.4, -0.2) is 0 Å². The molecular formula is C20H16Hf. The third-order valence-electron chi connectivity index (χ3n) is 5.07. The summed E-state index contributed by atoms with van der Waals surface area (Å²) < 4.78 is 1.67. The molecule has 5 rings (SSSR count). The molecule has 0 N–H and O–H groups in total. The van der Waals surface area contributed by atoms with Crippen LogP contribution in [0.2, 0.25) is 0 Å². The van der Waals surface area contributed by atoms with Gasteiger partial charge in [0.05, 0.1) is 0 Å². The average molecular weight is 435 g/mol. The van der Waals surface area contributed by atoms with Crippen molar-refractivity contribution in [2.75, 3.05) is 0 Å². The van der Waals surface area contributed by atoms with Gasteiger partial charge in [0, 0.05) is 0 Å². The summed E-state index contributed by atoms with van der Waals surface area (Å²) >= 11 is -0.813. The molecule has 2 aliphatic carbocycles. The van der Waals surface area contributed by atoms with Crippen molar-refractivity contribution in [1.29, 1.82) is 0 Å². The first-order chi connectivity index (χ1) is 10.4. The van der Waals surface area contributed by atoms with E-state index in [0.717, 1.165) is 7.35 Å². The quantitative estimate of drug-likeness (QED) is 0.504. The van der Waals surface area contributed by atoms with E-state index in [0.29, 0.717) is 0 Å². The van der Waals surface area contributed by atoms with Crippen LogP contribution in [0.15, 0.2) is 59.7 Å². The predicted octanol–water partition coefficient (Wildman–Crippen LogP) is 5.14. The van der Waals surface area contributed by atoms with Gasteiger partial charge in [-0.1, -0.05) is 0 Å². The second-order valence-electron chi connectivity index (χ2n) is 6.23. The molecule has 1 fully saturated rings. The molecule has 0 nitrogen and oxygen atoms in total. The molecular weight excluding hydrogens is 419 g/mol. The van der Waals surface area contributed by atoms with Gasteiger partial charge in [-0.15, -0.1) is 0 Å². The van der Waals surface area contributed by atoms with E-state index in [1.54, 1.807) is 22.3 Å². The van der Waals surface area contributed by atoms with Crippen LogP contribution in [0.3, 0.4) is 0 Å². The molecule has 0 radical (unpaired) electrons. The van der Waals surface area contributed by atoms with Gasteiger partial charge in [0.2, 0.25) is 0 Å². The van der Waals surface area contributed by atoms with Gasteiger partial charge in [-0.05, 0) is 0 Å². The third kappa shape index (κ3) is 1.83. The second-order valence-corrected chi connectivity index (χ2v) is 11.6. The van der Waals surface area contributed by atoms with Gasteiger partial charge in [-0.25, -0.2) is 0 Å². The number of hydrogen-bond donors (Lipinski definition) is 0. The molecule has 2 atom stereocenters. The van der Waals surface area contributed by atoms with Crippen LogP contribution in [0.4, 0.5) is 0 Å². The van der Waals surface area contributed by atoms with E-state index >= 15 is 0 Å². The van der Waals surface area contributed by atoms with Crippen LogP contribution in [-0.2, 0) is 22.9 Å². The molecule has 1 saturated heterocycles. The van der Waals surface area contributed by atoms with Gasteiger partial charge in [-0.3, -0.25) is 0 Å². The molecule has 0 bridgehead atoms. The van der Waals surface area contributed by atoms with Crippen LogP contribution in [0.25, 0.3) is 12.2 Å². The first-order valence-corrected chi connectivity index (χ1v) is 11.9. The molecule has 0 saturated carbocycles. The van der Waals surface area contributed by atoms with Crippen LogP contribution in [0.5, 0.6) is 0 Å². The Kier molecular flexibility index (Phi) is 2.73. The van der Waals surface area contributed by atoms with E-state index in [1.807, 2.05) is 0 Å². The Morgan fingerprint density at radius 3 is 1.67 bits per heavy atom. The monoisotopic (exact) mass is 436 g/mol. The van der Waals surface area contributed by atoms with Crippen molar-refractivity contribution in [2.45, 2.75) is 20.2 Å². The Bertz CT molecular complexity index is 729. The van der Waals surface area contributed by atoms with Crippen molar-refractivity contribution in [2.24, 2.45) is 0 Å². The zero-order valence-corrected chi connectivity index (χ0v) is 15.4. The summed E-state index contributed by atoms with van der Waals surface area (Å²) in [5, 5.41) is 0. The average Bonchev–Trinajstić information content (AvgIpc) is 3.00. The fourth-order valence-corrected chi connectivity index (χ4v) is 11.6. The molecule has 0 spiro atoms. The van der Waals surface area contributed by atoms with Crippen LogP contribution < -0.4 is 0 Å². The Morgan fingerprint density at radius 2 is 1.14 bits per heavy atom. The maximum atomic E-state index is 2.50. The first kappa shape index (κ1) is 12.3. The van der Waals surface area contributed by atoms with Crippen molar-refractivity contribution in [1.82, 2.24) is 0 Å². The Hall–Kier alpha value is -1.21. The van der Waals surface area contributed by atoms with Crippen LogP contribution in [0.1, 0.15) is 42.4 Å². The molecule has 100 valence electrons. The van der Waals surface area contributed by atoms with E-state index in [-0.39, 0.29) is 0 Å². The molecule has 1 aliphatic heterocycles. The number of hydrogen-bond acceptors (Lipinski definition) is 0. The Morgan fingerprint density at radius 1 is 0.667 bits per heavy atom. The van der Waals surface area contributed by atoms with Crippen molar-refractivity contribution in [3.8, 4) is 0 Å². The minimum atomic E-state index is -0.813. The molecule has 2 unspecified atom stereocenters. The number of fused-ring (bicyclic) bond motifs is 6. The van der Waals surface area contributed by atoms with Crippen molar-refractivity contribution >= 4 is 12.2 Å². The van der Waals surface area contributed by atoms with Gasteiger partial charge in [0.15, 0.2) is 0 Å². The van der Waals surface area contributed by atoms with E-state index in [2.05, 4.69) is 60.7 Å². The summed E-state index contributed by atoms with van der Waals surface area (Å²) in [5.41, 5.74) is 9.77. The van der Waals surface area contributed by atoms with E-state index in [9.17, 15) is 0 Å². The predicted molar refractivity (Wildman–Crippen MR) is 83.6 cm³/mol. The molecule has 0 aromatic heterocycles. The fraction of sp³-hybridized carbons (Fsp3) is 0.200. The summed E-state index contributed by atoms with van der Waals surface area (Å²) in [6.45, 7) is 0. The third-order valence-corrected chi connectivity index (χ3v) is 12.4. The van der Waals surface area contributed by atoms with E-state index in [1.165, 1.54) is 24.0 Å². The maximum absolute atomic E-state index is 2.50. The fourth-order valence-electron chi connectivity index (χ4n) is 4.06. The molecule has 2 aromatic rings. The number of benzene rings is 2. The van der Waals surface area contributed by atoms with Gasteiger partial charge < -0.3 is 0 Å². The SMILES string of the molecule is C1=C2CCC3=Cc4ccccc4[CH]3[Hf][CH]2c2ccccc21.